The third-order valence-electron chi connectivity index (χ3n) is 4.21. The summed E-state index contributed by atoms with van der Waals surface area (Å²) in [5.74, 6) is -0.543. The monoisotopic (exact) mass is 366 g/mol. The van der Waals surface area contributed by atoms with E-state index in [1.807, 2.05) is 0 Å². The second kappa shape index (κ2) is 7.35. The molecule has 1 aliphatic rings. The van der Waals surface area contributed by atoms with Gasteiger partial charge in [-0.2, -0.15) is 13.2 Å². The summed E-state index contributed by atoms with van der Waals surface area (Å²) in [6.45, 7) is 0.257. The fourth-order valence-corrected chi connectivity index (χ4v) is 2.68. The SMILES string of the molecule is O=C(CNc1cccc(C(F)(F)F)c1)N(Cc1ccc(F)cc1)C1CC1. The van der Waals surface area contributed by atoms with Crippen molar-refractivity contribution in [3.05, 3.63) is 65.5 Å². The summed E-state index contributed by atoms with van der Waals surface area (Å²) in [6, 6.07) is 10.8. The van der Waals surface area contributed by atoms with Crippen LogP contribution >= 0.6 is 0 Å². The molecule has 0 spiro atoms. The van der Waals surface area contributed by atoms with Crippen molar-refractivity contribution in [2.24, 2.45) is 0 Å². The lowest BCUT2D eigenvalue weighted by Crippen LogP contribution is -2.36. The number of hydrogen-bond donors (Lipinski definition) is 1. The first-order valence-electron chi connectivity index (χ1n) is 8.28. The first-order chi connectivity index (χ1) is 12.3. The number of anilines is 1. The van der Waals surface area contributed by atoms with Crippen LogP contribution in [-0.4, -0.2) is 23.4 Å². The zero-order chi connectivity index (χ0) is 18.7. The van der Waals surface area contributed by atoms with Crippen LogP contribution in [0, 0.1) is 5.82 Å². The average Bonchev–Trinajstić information content (AvgIpc) is 3.43. The van der Waals surface area contributed by atoms with Crippen molar-refractivity contribution in [2.75, 3.05) is 11.9 Å². The standard InChI is InChI=1S/C19H18F4N2O/c20-15-6-4-13(5-7-15)12-25(17-8-9-17)18(26)11-24-16-3-1-2-14(10-16)19(21,22)23/h1-7,10,17,24H,8-9,11-12H2. The molecule has 2 aromatic rings. The number of nitrogens with one attached hydrogen (secondary N) is 1. The molecule has 0 bridgehead atoms. The van der Waals surface area contributed by atoms with Crippen molar-refractivity contribution in [1.82, 2.24) is 4.90 Å². The Kier molecular flexibility index (Phi) is 5.15. The van der Waals surface area contributed by atoms with E-state index in [-0.39, 0.29) is 30.0 Å². The Bertz CT molecular complexity index is 770. The van der Waals surface area contributed by atoms with Gasteiger partial charge in [0, 0.05) is 18.3 Å². The summed E-state index contributed by atoms with van der Waals surface area (Å²) in [7, 11) is 0. The van der Waals surface area contributed by atoms with Gasteiger partial charge in [0.15, 0.2) is 0 Å². The molecule has 1 amide bonds. The quantitative estimate of drug-likeness (QED) is 0.767. The third kappa shape index (κ3) is 4.74. The molecule has 26 heavy (non-hydrogen) atoms. The number of benzene rings is 2. The largest absolute Gasteiger partial charge is 0.416 e. The lowest BCUT2D eigenvalue weighted by Gasteiger charge is -2.23. The van der Waals surface area contributed by atoms with Crippen LogP contribution in [-0.2, 0) is 17.5 Å². The van der Waals surface area contributed by atoms with Crippen LogP contribution in [0.25, 0.3) is 0 Å². The topological polar surface area (TPSA) is 32.3 Å². The number of nitrogens with zero attached hydrogens (tertiary/aromatic N) is 1. The van der Waals surface area contributed by atoms with Gasteiger partial charge in [-0.25, -0.2) is 4.39 Å². The molecule has 0 atom stereocenters. The van der Waals surface area contributed by atoms with E-state index in [1.165, 1.54) is 24.3 Å². The third-order valence-corrected chi connectivity index (χ3v) is 4.21. The fraction of sp³-hybridized carbons (Fsp3) is 0.316. The van der Waals surface area contributed by atoms with Crippen LogP contribution in [0.2, 0.25) is 0 Å². The van der Waals surface area contributed by atoms with E-state index < -0.39 is 11.7 Å². The van der Waals surface area contributed by atoms with Gasteiger partial charge in [0.05, 0.1) is 12.1 Å². The minimum absolute atomic E-state index is 0.0982. The summed E-state index contributed by atoms with van der Waals surface area (Å²) >= 11 is 0. The molecule has 1 fully saturated rings. The molecule has 1 saturated carbocycles. The highest BCUT2D eigenvalue weighted by Crippen LogP contribution is 2.31. The van der Waals surface area contributed by atoms with Crippen LogP contribution in [0.1, 0.15) is 24.0 Å². The van der Waals surface area contributed by atoms with E-state index in [0.29, 0.717) is 6.54 Å². The highest BCUT2D eigenvalue weighted by atomic mass is 19.4. The van der Waals surface area contributed by atoms with Crippen LogP contribution in [0.5, 0.6) is 0 Å². The molecule has 0 aromatic heterocycles. The second-order valence-corrected chi connectivity index (χ2v) is 6.31. The van der Waals surface area contributed by atoms with Crippen molar-refractivity contribution in [3.63, 3.8) is 0 Å². The van der Waals surface area contributed by atoms with Gasteiger partial charge in [0.25, 0.3) is 0 Å². The van der Waals surface area contributed by atoms with E-state index in [2.05, 4.69) is 5.32 Å². The lowest BCUT2D eigenvalue weighted by molar-refractivity contribution is -0.137. The van der Waals surface area contributed by atoms with Crippen LogP contribution in [0.3, 0.4) is 0 Å². The highest BCUT2D eigenvalue weighted by Gasteiger charge is 2.33. The summed E-state index contributed by atoms with van der Waals surface area (Å²) in [5.41, 5.74) is 0.289. The van der Waals surface area contributed by atoms with Crippen LogP contribution in [0.4, 0.5) is 23.2 Å². The molecule has 1 aliphatic carbocycles. The first kappa shape index (κ1) is 18.2. The van der Waals surface area contributed by atoms with Crippen molar-refractivity contribution in [2.45, 2.75) is 31.6 Å². The summed E-state index contributed by atoms with van der Waals surface area (Å²) < 4.78 is 51.3. The van der Waals surface area contributed by atoms with Gasteiger partial charge in [0.2, 0.25) is 5.91 Å². The number of alkyl halides is 3. The number of halogens is 4. The molecule has 1 N–H and O–H groups in total. The second-order valence-electron chi connectivity index (χ2n) is 6.31. The highest BCUT2D eigenvalue weighted by molar-refractivity contribution is 5.81. The van der Waals surface area contributed by atoms with E-state index >= 15 is 0 Å². The molecule has 7 heteroatoms. The van der Waals surface area contributed by atoms with Crippen molar-refractivity contribution >= 4 is 11.6 Å². The lowest BCUT2D eigenvalue weighted by atomic mass is 10.2. The fourth-order valence-electron chi connectivity index (χ4n) is 2.68. The number of hydrogen-bond acceptors (Lipinski definition) is 2. The number of amides is 1. The minimum atomic E-state index is -4.43. The summed E-state index contributed by atoms with van der Waals surface area (Å²) in [6.07, 6.45) is -2.63. The average molecular weight is 366 g/mol. The summed E-state index contributed by atoms with van der Waals surface area (Å²) in [5, 5.41) is 2.76. The number of carbonyl (C=O) groups excluding carboxylic acids is 1. The first-order valence-corrected chi connectivity index (χ1v) is 8.28. The molecule has 0 unspecified atom stereocenters. The predicted octanol–water partition coefficient (Wildman–Crippen LogP) is 4.45. The van der Waals surface area contributed by atoms with Gasteiger partial charge < -0.3 is 10.2 Å². The molecule has 0 aliphatic heterocycles. The van der Waals surface area contributed by atoms with E-state index in [4.69, 9.17) is 0 Å². The minimum Gasteiger partial charge on any atom is -0.376 e. The predicted molar refractivity (Wildman–Crippen MR) is 89.9 cm³/mol. The van der Waals surface area contributed by atoms with Gasteiger partial charge in [-0.15, -0.1) is 0 Å². The van der Waals surface area contributed by atoms with Crippen LogP contribution in [0.15, 0.2) is 48.5 Å². The Morgan fingerprint density at radius 3 is 2.42 bits per heavy atom. The van der Waals surface area contributed by atoms with E-state index in [0.717, 1.165) is 30.5 Å². The van der Waals surface area contributed by atoms with Crippen molar-refractivity contribution in [3.8, 4) is 0 Å². The Labute approximate surface area is 148 Å². The zero-order valence-electron chi connectivity index (χ0n) is 13.9. The van der Waals surface area contributed by atoms with Gasteiger partial charge in [-0.05, 0) is 48.7 Å². The zero-order valence-corrected chi connectivity index (χ0v) is 13.9. The number of rotatable bonds is 6. The molecule has 3 nitrogen and oxygen atoms in total. The molecule has 2 aromatic carbocycles. The molecular formula is C19H18F4N2O. The normalized spacial score (nSPS) is 14.2. The maximum Gasteiger partial charge on any atom is 0.416 e. The van der Waals surface area contributed by atoms with Gasteiger partial charge in [-0.1, -0.05) is 18.2 Å². The molecule has 0 saturated heterocycles. The Hall–Kier alpha value is -2.57. The Morgan fingerprint density at radius 1 is 1.12 bits per heavy atom. The van der Waals surface area contributed by atoms with Crippen molar-refractivity contribution < 1.29 is 22.4 Å². The van der Waals surface area contributed by atoms with Gasteiger partial charge in [0.1, 0.15) is 5.82 Å². The Morgan fingerprint density at radius 2 is 1.81 bits per heavy atom. The van der Waals surface area contributed by atoms with Crippen molar-refractivity contribution in [1.29, 1.82) is 0 Å². The molecule has 138 valence electrons. The number of carbonyl (C=O) groups is 1. The molecular weight excluding hydrogens is 348 g/mol. The smallest absolute Gasteiger partial charge is 0.376 e. The molecule has 0 radical (unpaired) electrons. The Balaban J connectivity index is 1.63. The maximum atomic E-state index is 13.0. The molecule has 0 heterocycles. The summed E-state index contributed by atoms with van der Waals surface area (Å²) in [4.78, 5) is 14.2. The molecule has 3 rings (SSSR count). The van der Waals surface area contributed by atoms with E-state index in [9.17, 15) is 22.4 Å². The van der Waals surface area contributed by atoms with Crippen LogP contribution < -0.4 is 5.32 Å². The van der Waals surface area contributed by atoms with E-state index in [1.54, 1.807) is 17.0 Å². The van der Waals surface area contributed by atoms with Gasteiger partial charge >= 0.3 is 6.18 Å². The van der Waals surface area contributed by atoms with Gasteiger partial charge in [-0.3, -0.25) is 4.79 Å². The maximum absolute atomic E-state index is 13.0.